The monoisotopic (exact) mass is 317 g/mol. The number of aromatic nitrogens is 1. The van der Waals surface area contributed by atoms with E-state index in [1.807, 2.05) is 42.5 Å². The largest absolute Gasteiger partial charge is 0.353 e. The van der Waals surface area contributed by atoms with Crippen LogP contribution in [0.25, 0.3) is 11.6 Å². The SMILES string of the molecule is C=C/C(=C\C=N)c1[nH]c2c(c1Nc1ccccc1)C(=O)CCC=C2. The Labute approximate surface area is 141 Å². The third-order valence-corrected chi connectivity index (χ3v) is 3.95. The molecule has 0 amide bonds. The van der Waals surface area contributed by atoms with Crippen LogP contribution in [0, 0.1) is 5.41 Å². The zero-order valence-corrected chi connectivity index (χ0v) is 13.3. The van der Waals surface area contributed by atoms with E-state index in [1.54, 1.807) is 12.2 Å². The molecule has 0 aliphatic heterocycles. The molecule has 0 fully saturated rings. The van der Waals surface area contributed by atoms with E-state index in [4.69, 9.17) is 5.41 Å². The van der Waals surface area contributed by atoms with Gasteiger partial charge < -0.3 is 15.7 Å². The molecule has 24 heavy (non-hydrogen) atoms. The Morgan fingerprint density at radius 3 is 2.79 bits per heavy atom. The molecule has 1 aliphatic carbocycles. The maximum atomic E-state index is 12.6. The molecule has 4 heteroatoms. The van der Waals surface area contributed by atoms with Crippen LogP contribution in [0.4, 0.5) is 11.4 Å². The van der Waals surface area contributed by atoms with Crippen molar-refractivity contribution >= 4 is 35.0 Å². The number of carbonyl (C=O) groups is 1. The number of fused-ring (bicyclic) bond motifs is 1. The topological polar surface area (TPSA) is 68.7 Å². The number of nitrogens with one attached hydrogen (secondary N) is 3. The highest BCUT2D eigenvalue weighted by atomic mass is 16.1. The lowest BCUT2D eigenvalue weighted by Gasteiger charge is -2.11. The van der Waals surface area contributed by atoms with Gasteiger partial charge in [0.05, 0.1) is 22.6 Å². The summed E-state index contributed by atoms with van der Waals surface area (Å²) in [6.45, 7) is 3.83. The number of anilines is 2. The van der Waals surface area contributed by atoms with Crippen LogP contribution in [0.1, 0.15) is 34.6 Å². The van der Waals surface area contributed by atoms with Crippen LogP contribution in [-0.2, 0) is 0 Å². The molecule has 2 aromatic rings. The fourth-order valence-corrected chi connectivity index (χ4v) is 2.83. The zero-order chi connectivity index (χ0) is 16.9. The van der Waals surface area contributed by atoms with Crippen molar-refractivity contribution in [3.63, 3.8) is 0 Å². The molecule has 120 valence electrons. The van der Waals surface area contributed by atoms with Gasteiger partial charge in [-0.2, -0.15) is 0 Å². The van der Waals surface area contributed by atoms with Gasteiger partial charge in [0.1, 0.15) is 0 Å². The van der Waals surface area contributed by atoms with Crippen molar-refractivity contribution in [1.82, 2.24) is 4.98 Å². The Bertz CT molecular complexity index is 841. The Morgan fingerprint density at radius 1 is 1.29 bits per heavy atom. The van der Waals surface area contributed by atoms with E-state index in [-0.39, 0.29) is 5.78 Å². The first-order chi connectivity index (χ1) is 11.7. The van der Waals surface area contributed by atoms with Crippen LogP contribution in [0.5, 0.6) is 0 Å². The Kier molecular flexibility index (Phi) is 4.57. The molecule has 3 N–H and O–H groups in total. The van der Waals surface area contributed by atoms with Crippen molar-refractivity contribution in [2.45, 2.75) is 12.8 Å². The Balaban J connectivity index is 2.19. The van der Waals surface area contributed by atoms with Gasteiger partial charge in [-0.3, -0.25) is 4.79 Å². The van der Waals surface area contributed by atoms with E-state index in [9.17, 15) is 4.79 Å². The molecule has 1 aliphatic rings. The Hall–Kier alpha value is -3.14. The van der Waals surface area contributed by atoms with Gasteiger partial charge in [0.15, 0.2) is 5.78 Å². The van der Waals surface area contributed by atoms with Crippen LogP contribution in [0.2, 0.25) is 0 Å². The molecular weight excluding hydrogens is 298 g/mol. The number of hydrogen-bond acceptors (Lipinski definition) is 3. The molecule has 0 bridgehead atoms. The standard InChI is InChI=1S/C20H19N3O/c1-2-14(12-13-21)19-20(22-15-8-4-3-5-9-15)18-16(23-19)10-6-7-11-17(18)24/h2-6,8-10,12-13,21-23H,1,7,11H2/b14-12+,21-13?. The number of rotatable bonds is 5. The summed E-state index contributed by atoms with van der Waals surface area (Å²) >= 11 is 0. The fourth-order valence-electron chi connectivity index (χ4n) is 2.83. The third kappa shape index (κ3) is 2.99. The first-order valence-electron chi connectivity index (χ1n) is 7.86. The highest BCUT2D eigenvalue weighted by Gasteiger charge is 2.24. The summed E-state index contributed by atoms with van der Waals surface area (Å²) in [6, 6.07) is 9.73. The van der Waals surface area contributed by atoms with E-state index >= 15 is 0 Å². The first-order valence-corrected chi connectivity index (χ1v) is 7.86. The van der Waals surface area contributed by atoms with Crippen molar-refractivity contribution in [1.29, 1.82) is 5.41 Å². The maximum absolute atomic E-state index is 12.6. The number of ketones is 1. The summed E-state index contributed by atoms with van der Waals surface area (Å²) in [5.74, 6) is 0.106. The molecule has 0 saturated carbocycles. The van der Waals surface area contributed by atoms with Gasteiger partial charge >= 0.3 is 0 Å². The van der Waals surface area contributed by atoms with Gasteiger partial charge in [-0.05, 0) is 30.7 Å². The molecule has 1 aromatic carbocycles. The zero-order valence-electron chi connectivity index (χ0n) is 13.3. The van der Waals surface area contributed by atoms with E-state index < -0.39 is 0 Å². The van der Waals surface area contributed by atoms with Gasteiger partial charge in [-0.25, -0.2) is 0 Å². The van der Waals surface area contributed by atoms with Crippen molar-refractivity contribution in [2.75, 3.05) is 5.32 Å². The van der Waals surface area contributed by atoms with Gasteiger partial charge in [0.25, 0.3) is 0 Å². The summed E-state index contributed by atoms with van der Waals surface area (Å²) in [5, 5.41) is 10.7. The lowest BCUT2D eigenvalue weighted by Crippen LogP contribution is -2.03. The average Bonchev–Trinajstić information content (AvgIpc) is 2.84. The number of allylic oxidation sites excluding steroid dienone is 4. The fraction of sp³-hybridized carbons (Fsp3) is 0.100. The molecule has 3 rings (SSSR count). The number of benzene rings is 1. The first kappa shape index (κ1) is 15.7. The predicted molar refractivity (Wildman–Crippen MR) is 100 cm³/mol. The minimum Gasteiger partial charge on any atom is -0.353 e. The molecule has 1 aromatic heterocycles. The van der Waals surface area contributed by atoms with E-state index in [2.05, 4.69) is 16.9 Å². The quantitative estimate of drug-likeness (QED) is 0.538. The van der Waals surface area contributed by atoms with Crippen molar-refractivity contribution in [3.8, 4) is 0 Å². The van der Waals surface area contributed by atoms with Gasteiger partial charge in [-0.1, -0.05) is 36.9 Å². The highest BCUT2D eigenvalue weighted by Crippen LogP contribution is 2.35. The number of hydrogen-bond donors (Lipinski definition) is 3. The van der Waals surface area contributed by atoms with Crippen LogP contribution < -0.4 is 5.32 Å². The van der Waals surface area contributed by atoms with Crippen LogP contribution in [-0.4, -0.2) is 17.0 Å². The van der Waals surface area contributed by atoms with E-state index in [1.165, 1.54) is 6.21 Å². The van der Waals surface area contributed by atoms with Crippen molar-refractivity contribution < 1.29 is 4.79 Å². The average molecular weight is 317 g/mol. The molecular formula is C20H19N3O. The lowest BCUT2D eigenvalue weighted by atomic mass is 10.0. The molecule has 0 atom stereocenters. The maximum Gasteiger partial charge on any atom is 0.167 e. The highest BCUT2D eigenvalue weighted by molar-refractivity contribution is 6.08. The minimum atomic E-state index is 0.106. The third-order valence-electron chi connectivity index (χ3n) is 3.95. The summed E-state index contributed by atoms with van der Waals surface area (Å²) in [5.41, 5.74) is 4.63. The normalized spacial score (nSPS) is 14.0. The minimum absolute atomic E-state index is 0.106. The van der Waals surface area contributed by atoms with Gasteiger partial charge in [-0.15, -0.1) is 0 Å². The van der Waals surface area contributed by atoms with E-state index in [0.29, 0.717) is 12.0 Å². The summed E-state index contributed by atoms with van der Waals surface area (Å²) in [7, 11) is 0. The van der Waals surface area contributed by atoms with Crippen LogP contribution >= 0.6 is 0 Å². The molecule has 0 unspecified atom stereocenters. The second-order valence-corrected chi connectivity index (χ2v) is 5.51. The molecule has 0 saturated heterocycles. The number of H-pyrrole nitrogens is 1. The molecule has 0 spiro atoms. The summed E-state index contributed by atoms with van der Waals surface area (Å²) < 4.78 is 0. The smallest absolute Gasteiger partial charge is 0.167 e. The second-order valence-electron chi connectivity index (χ2n) is 5.51. The number of aromatic amines is 1. The van der Waals surface area contributed by atoms with Gasteiger partial charge in [0.2, 0.25) is 0 Å². The molecule has 4 nitrogen and oxygen atoms in total. The Morgan fingerprint density at radius 2 is 2.08 bits per heavy atom. The van der Waals surface area contributed by atoms with Crippen LogP contribution in [0.3, 0.4) is 0 Å². The van der Waals surface area contributed by atoms with Gasteiger partial charge in [0, 0.05) is 23.9 Å². The predicted octanol–water partition coefficient (Wildman–Crippen LogP) is 4.97. The summed E-state index contributed by atoms with van der Waals surface area (Å²) in [6.07, 6.45) is 9.74. The number of carbonyl (C=O) groups excluding carboxylic acids is 1. The lowest BCUT2D eigenvalue weighted by molar-refractivity contribution is 0.0985. The molecule has 0 radical (unpaired) electrons. The number of para-hydroxylation sites is 1. The van der Waals surface area contributed by atoms with Crippen molar-refractivity contribution in [3.05, 3.63) is 72.1 Å². The molecule has 1 heterocycles. The number of Topliss-reactive ketones (excluding diaryl/α,β-unsaturated/α-hetero) is 1. The second kappa shape index (κ2) is 6.96. The van der Waals surface area contributed by atoms with Crippen LogP contribution in [0.15, 0.2) is 55.1 Å². The van der Waals surface area contributed by atoms with Crippen molar-refractivity contribution in [2.24, 2.45) is 0 Å². The summed E-state index contributed by atoms with van der Waals surface area (Å²) in [4.78, 5) is 15.9. The van der Waals surface area contributed by atoms with E-state index in [0.717, 1.165) is 34.8 Å².